The maximum Gasteiger partial charge on any atom is 2.00 e. The van der Waals surface area contributed by atoms with Crippen molar-refractivity contribution in [3.8, 4) is 0 Å². The van der Waals surface area contributed by atoms with Crippen LogP contribution in [0.1, 0.15) is 0 Å². The van der Waals surface area contributed by atoms with Crippen LogP contribution in [-0.2, 0) is 17.1 Å². The Hall–Kier alpha value is -0.993. The summed E-state index contributed by atoms with van der Waals surface area (Å²) in [5, 5.41) is 9.20. The van der Waals surface area contributed by atoms with Gasteiger partial charge in [-0.3, -0.25) is 0 Å². The molecule has 0 aliphatic carbocycles. The smallest absolute Gasteiger partial charge is 0.213 e. The van der Waals surface area contributed by atoms with Crippen LogP contribution in [0.2, 0.25) is 10.0 Å². The van der Waals surface area contributed by atoms with E-state index in [1.54, 1.807) is 0 Å². The van der Waals surface area contributed by atoms with Gasteiger partial charge in [0.1, 0.15) is 0 Å². The van der Waals surface area contributed by atoms with Crippen LogP contribution in [0.5, 0.6) is 0 Å². The normalized spacial score (nSPS) is 10.3. The second-order valence-corrected chi connectivity index (χ2v) is 13.7. The van der Waals surface area contributed by atoms with Crippen LogP contribution >= 0.6 is 39.0 Å². The molecule has 6 heteroatoms. The van der Waals surface area contributed by atoms with Crippen LogP contribution < -0.4 is 31.8 Å². The van der Waals surface area contributed by atoms with Crippen molar-refractivity contribution < 1.29 is 62.1 Å². The zero-order chi connectivity index (χ0) is 26.2. The summed E-state index contributed by atoms with van der Waals surface area (Å²) in [5.41, 5.74) is 0. The summed E-state index contributed by atoms with van der Waals surface area (Å²) in [6.45, 7) is 0. The van der Waals surface area contributed by atoms with Gasteiger partial charge in [0.05, 0.1) is 0 Å². The van der Waals surface area contributed by atoms with Crippen molar-refractivity contribution in [2.45, 2.75) is 0 Å². The van der Waals surface area contributed by atoms with Gasteiger partial charge in [0, 0.05) is 45.0 Å². The van der Waals surface area contributed by atoms with Crippen LogP contribution in [0.3, 0.4) is 0 Å². The summed E-state index contributed by atoms with van der Waals surface area (Å²) in [7, 11) is -1.07. The molecular weight excluding hydrogens is 823 g/mol. The SMILES string of the molecule is Clc1cc[c-](P(c2ccccc2)c2ccccc2)c1Cl.[Fe+2].[Ra].c1ccc(P(c2ccccc2)[c-]2cccc2)cc1. The minimum Gasteiger partial charge on any atom is -0.213 e. The molecule has 0 saturated carbocycles. The Morgan fingerprint density at radius 3 is 1.10 bits per heavy atom. The molecule has 0 atom stereocenters. The van der Waals surface area contributed by atoms with E-state index >= 15 is 0 Å². The maximum atomic E-state index is 6.39. The number of hydrogen-bond acceptors (Lipinski definition) is 0. The van der Waals surface area contributed by atoms with E-state index < -0.39 is 15.8 Å². The van der Waals surface area contributed by atoms with E-state index in [2.05, 4.69) is 133 Å². The van der Waals surface area contributed by atoms with Crippen LogP contribution in [0, 0.1) is 45.0 Å². The van der Waals surface area contributed by atoms with Crippen molar-refractivity contribution in [2.24, 2.45) is 0 Å². The fourth-order valence-electron chi connectivity index (χ4n) is 4.29. The Balaban J connectivity index is 0.000000211. The molecule has 0 aliphatic heterocycles. The van der Waals surface area contributed by atoms with E-state index in [4.69, 9.17) is 23.2 Å². The molecule has 6 aromatic carbocycles. The predicted octanol–water partition coefficient (Wildman–Crippen LogP) is 7.63. The first kappa shape index (κ1) is 33.5. The van der Waals surface area contributed by atoms with Crippen LogP contribution in [0.4, 0.5) is 0 Å². The second kappa shape index (κ2) is 17.2. The quantitative estimate of drug-likeness (QED) is 0.0920. The summed E-state index contributed by atoms with van der Waals surface area (Å²) in [6, 6.07) is 55.1. The monoisotopic (exact) mass is 848 g/mol. The topological polar surface area (TPSA) is 0 Å². The molecule has 0 nitrogen and oxygen atoms in total. The average molecular weight is 849 g/mol. The van der Waals surface area contributed by atoms with E-state index in [-0.39, 0.29) is 62.1 Å². The molecule has 0 unspecified atom stereocenters. The van der Waals surface area contributed by atoms with Gasteiger partial charge in [-0.05, 0) is 21.2 Å². The molecule has 0 aromatic heterocycles. The molecule has 0 spiro atoms. The van der Waals surface area contributed by atoms with Gasteiger partial charge in [-0.15, -0.1) is 22.2 Å². The molecule has 0 saturated heterocycles. The number of hydrogen-bond donors (Lipinski definition) is 0. The molecule has 0 N–H and O–H groups in total. The molecule has 6 aromatic rings. The van der Waals surface area contributed by atoms with Gasteiger partial charge in [0.15, 0.2) is 0 Å². The molecule has 0 heterocycles. The maximum absolute atomic E-state index is 6.39. The Morgan fingerprint density at radius 1 is 0.425 bits per heavy atom. The third-order valence-corrected chi connectivity index (χ3v) is 11.9. The van der Waals surface area contributed by atoms with Gasteiger partial charge < -0.3 is 0 Å². The van der Waals surface area contributed by atoms with Gasteiger partial charge in [0.2, 0.25) is 0 Å². The van der Waals surface area contributed by atoms with Gasteiger partial charge in [-0.2, -0.15) is 35.9 Å². The summed E-state index contributed by atoms with van der Waals surface area (Å²) < 4.78 is 0. The second-order valence-electron chi connectivity index (χ2n) is 8.54. The largest absolute Gasteiger partial charge is 2.00 e. The minimum atomic E-state index is -0.662. The molecule has 0 bridgehead atoms. The first-order valence-corrected chi connectivity index (χ1v) is 15.8. The van der Waals surface area contributed by atoms with Crippen molar-refractivity contribution in [1.29, 1.82) is 0 Å². The molecule has 196 valence electrons. The molecule has 0 aliphatic rings. The first-order chi connectivity index (χ1) is 18.7. The van der Waals surface area contributed by atoms with E-state index in [9.17, 15) is 0 Å². The summed E-state index contributed by atoms with van der Waals surface area (Å²) in [6.07, 6.45) is 0. The summed E-state index contributed by atoms with van der Waals surface area (Å²) in [5.74, 6) is 0. The first-order valence-electron chi connectivity index (χ1n) is 12.4. The Kier molecular flexibility index (Phi) is 14.4. The third-order valence-electron chi connectivity index (χ3n) is 6.02. The Labute approximate surface area is 297 Å². The van der Waals surface area contributed by atoms with Crippen LogP contribution in [-0.4, -0.2) is 0 Å². The fraction of sp³-hybridized carbons (Fsp3) is 0. The van der Waals surface area contributed by atoms with Gasteiger partial charge in [0.25, 0.3) is 0 Å². The third kappa shape index (κ3) is 8.53. The average Bonchev–Trinajstić information content (AvgIpc) is 3.63. The molecule has 40 heavy (non-hydrogen) atoms. The van der Waals surface area contributed by atoms with Crippen molar-refractivity contribution >= 4 is 70.9 Å². The van der Waals surface area contributed by atoms with Crippen molar-refractivity contribution in [3.63, 3.8) is 0 Å². The molecule has 0 amide bonds. The number of halogens is 2. The van der Waals surface area contributed by atoms with Crippen LogP contribution in [0.25, 0.3) is 0 Å². The summed E-state index contributed by atoms with van der Waals surface area (Å²) >= 11 is 12.5. The molecular formula is C34H26Cl2FeP2Ra. The van der Waals surface area contributed by atoms with E-state index in [0.29, 0.717) is 10.0 Å². The fourth-order valence-corrected chi connectivity index (χ4v) is 9.54. The van der Waals surface area contributed by atoms with Crippen LogP contribution in [0.15, 0.2) is 158 Å². The zero-order valence-electron chi connectivity index (χ0n) is 21.7. The molecule has 6 rings (SSSR count). The van der Waals surface area contributed by atoms with E-state index in [0.717, 1.165) is 5.30 Å². The molecule has 0 fully saturated rings. The van der Waals surface area contributed by atoms with Gasteiger partial charge in [-0.1, -0.05) is 147 Å². The number of benzene rings is 4. The van der Waals surface area contributed by atoms with E-state index in [1.165, 1.54) is 26.5 Å². The summed E-state index contributed by atoms with van der Waals surface area (Å²) in [4.78, 5) is 0. The van der Waals surface area contributed by atoms with Crippen molar-refractivity contribution in [1.82, 2.24) is 0 Å². The van der Waals surface area contributed by atoms with Gasteiger partial charge >= 0.3 is 17.1 Å². The standard InChI is InChI=1S/C17H12Cl2P.C17H14P.Fe.Ra/c18-15-11-12-16(17(15)19)20(13-7-3-1-4-8-13)14-9-5-2-6-10-14;1-3-9-15(10-4-1)18(17-13-7-8-14-17)16-11-5-2-6-12-16;;/h1-12H;1-14H;;/q2*-1;+2;. The molecule has 2 radical (unpaired) electrons. The minimum absolute atomic E-state index is 0. The Bertz CT molecular complexity index is 1450. The van der Waals surface area contributed by atoms with Crippen molar-refractivity contribution in [2.75, 3.05) is 0 Å². The van der Waals surface area contributed by atoms with Crippen molar-refractivity contribution in [3.05, 3.63) is 168 Å². The van der Waals surface area contributed by atoms with E-state index in [1.807, 2.05) is 24.3 Å². The zero-order valence-corrected chi connectivity index (χ0v) is 31.9. The van der Waals surface area contributed by atoms with Gasteiger partial charge in [-0.25, -0.2) is 12.1 Å². The Morgan fingerprint density at radius 2 is 0.775 bits per heavy atom. The predicted molar refractivity (Wildman–Crippen MR) is 172 cm³/mol. The number of rotatable bonds is 6.